The number of imidazole rings is 1. The molecule has 0 amide bonds. The highest BCUT2D eigenvalue weighted by atomic mass is 35.5. The smallest absolute Gasteiger partial charge is 0.336 e. The van der Waals surface area contributed by atoms with E-state index in [1.54, 1.807) is 0 Å². The number of hydrogen-bond donors (Lipinski definition) is 6. The SMILES string of the molecule is O=P(O)(O)CP(=O)(O)NCC1OC(n2cnc3c(N4CCC5(CCCCC5)C4)nc(Cl)nc32)C(O)C1O. The molecule has 2 aliphatic heterocycles. The molecule has 2 saturated heterocycles. The van der Waals surface area contributed by atoms with Crippen LogP contribution in [0.1, 0.15) is 44.8 Å². The third-order valence-electron chi connectivity index (χ3n) is 7.55. The van der Waals surface area contributed by atoms with Crippen molar-refractivity contribution in [1.29, 1.82) is 0 Å². The number of aliphatic hydroxyl groups excluding tert-OH is 2. The third kappa shape index (κ3) is 5.74. The van der Waals surface area contributed by atoms with E-state index in [-0.39, 0.29) is 10.7 Å². The number of fused-ring (bicyclic) bond motifs is 1. The Bertz CT molecular complexity index is 1250. The molecule has 14 nitrogen and oxygen atoms in total. The predicted octanol–water partition coefficient (Wildman–Crippen LogP) is 1.17. The first-order valence-corrected chi connectivity index (χ1v) is 16.2. The average molecular weight is 581 g/mol. The van der Waals surface area contributed by atoms with Crippen LogP contribution < -0.4 is 9.99 Å². The molecule has 3 fully saturated rings. The van der Waals surface area contributed by atoms with Gasteiger partial charge in [-0.2, -0.15) is 9.97 Å². The van der Waals surface area contributed by atoms with Gasteiger partial charge in [0.25, 0.3) is 7.52 Å². The average Bonchev–Trinajstić information content (AvgIpc) is 3.48. The standard InChI is InChI=1S/C20H31ClN6O8P2/c21-19-24-16(26-7-6-20(9-26)4-2-1-3-5-20)13-17(25-19)27(10-22-13)18-15(29)14(28)12(35-18)8-23-36(30,31)11-37(32,33)34/h10,12,14-15,18,28-29H,1-9,11H2,(H2,23,30,31)(H2,32,33,34). The van der Waals surface area contributed by atoms with Crippen LogP contribution >= 0.6 is 26.7 Å². The fraction of sp³-hybridized carbons (Fsp3) is 0.750. The van der Waals surface area contributed by atoms with Crippen molar-refractivity contribution >= 4 is 43.7 Å². The number of aromatic nitrogens is 4. The van der Waals surface area contributed by atoms with Gasteiger partial charge in [0.05, 0.1) is 6.33 Å². The van der Waals surface area contributed by atoms with Crippen LogP contribution in [0.25, 0.3) is 11.2 Å². The van der Waals surface area contributed by atoms with Gasteiger partial charge in [-0.25, -0.2) is 10.1 Å². The first-order chi connectivity index (χ1) is 17.4. The molecule has 0 aromatic carbocycles. The normalized spacial score (nSPS) is 29.8. The van der Waals surface area contributed by atoms with Crippen molar-refractivity contribution in [2.75, 3.05) is 30.4 Å². The summed E-state index contributed by atoms with van der Waals surface area (Å²) in [6.45, 7) is 1.24. The van der Waals surface area contributed by atoms with Gasteiger partial charge in [0, 0.05) is 19.6 Å². The molecule has 1 spiro atoms. The number of ether oxygens (including phenoxy) is 1. The summed E-state index contributed by atoms with van der Waals surface area (Å²) in [5, 5.41) is 23.3. The number of rotatable bonds is 7. The van der Waals surface area contributed by atoms with Crippen molar-refractivity contribution in [3.05, 3.63) is 11.6 Å². The maximum atomic E-state index is 12.1. The lowest BCUT2D eigenvalue weighted by Crippen LogP contribution is -2.37. The topological polar surface area (TPSA) is 203 Å². The molecule has 2 aromatic heterocycles. The van der Waals surface area contributed by atoms with Crippen LogP contribution in [0.5, 0.6) is 0 Å². The summed E-state index contributed by atoms with van der Waals surface area (Å²) >= 11 is 6.29. The van der Waals surface area contributed by atoms with Crippen molar-refractivity contribution in [3.63, 3.8) is 0 Å². The molecule has 4 heterocycles. The van der Waals surface area contributed by atoms with Gasteiger partial charge in [0.1, 0.15) is 24.2 Å². The molecule has 17 heteroatoms. The van der Waals surface area contributed by atoms with Crippen LogP contribution in [0.3, 0.4) is 0 Å². The molecule has 5 rings (SSSR count). The van der Waals surface area contributed by atoms with E-state index < -0.39 is 52.1 Å². The van der Waals surface area contributed by atoms with Crippen LogP contribution in [-0.4, -0.2) is 88.3 Å². The molecule has 2 aromatic rings. The molecule has 3 aliphatic rings. The third-order valence-corrected chi connectivity index (χ3v) is 11.4. The van der Waals surface area contributed by atoms with Gasteiger partial charge in [0.2, 0.25) is 5.28 Å². The summed E-state index contributed by atoms with van der Waals surface area (Å²) in [7, 11) is -9.18. The highest BCUT2D eigenvalue weighted by Crippen LogP contribution is 2.52. The summed E-state index contributed by atoms with van der Waals surface area (Å²) in [5.74, 6) is -0.669. The number of anilines is 1. The lowest BCUT2D eigenvalue weighted by Gasteiger charge is -2.33. The minimum absolute atomic E-state index is 0.00116. The second-order valence-corrected chi connectivity index (χ2v) is 14.8. The molecule has 1 saturated carbocycles. The van der Waals surface area contributed by atoms with Crippen molar-refractivity contribution in [1.82, 2.24) is 24.6 Å². The van der Waals surface area contributed by atoms with Crippen LogP contribution in [0.2, 0.25) is 5.28 Å². The van der Waals surface area contributed by atoms with Gasteiger partial charge in [-0.1, -0.05) is 19.3 Å². The van der Waals surface area contributed by atoms with Gasteiger partial charge in [-0.3, -0.25) is 13.7 Å². The number of aliphatic hydroxyl groups is 2. The molecule has 6 N–H and O–H groups in total. The largest absolute Gasteiger partial charge is 0.387 e. The Morgan fingerprint density at radius 1 is 1.11 bits per heavy atom. The molecule has 5 unspecified atom stereocenters. The van der Waals surface area contributed by atoms with E-state index in [9.17, 15) is 24.2 Å². The minimum Gasteiger partial charge on any atom is -0.387 e. The molecule has 5 atom stereocenters. The van der Waals surface area contributed by atoms with E-state index in [4.69, 9.17) is 26.1 Å². The van der Waals surface area contributed by atoms with E-state index in [1.165, 1.54) is 43.0 Å². The van der Waals surface area contributed by atoms with E-state index in [2.05, 4.69) is 24.9 Å². The summed E-state index contributed by atoms with van der Waals surface area (Å²) in [5.41, 5.74) is 1.05. The van der Waals surface area contributed by atoms with E-state index >= 15 is 0 Å². The summed E-state index contributed by atoms with van der Waals surface area (Å²) in [4.78, 5) is 43.2. The number of nitrogens with one attached hydrogen (secondary N) is 1. The van der Waals surface area contributed by atoms with Crippen LogP contribution in [0, 0.1) is 5.41 Å². The Morgan fingerprint density at radius 3 is 2.54 bits per heavy atom. The molecule has 206 valence electrons. The summed E-state index contributed by atoms with van der Waals surface area (Å²) < 4.78 is 30.4. The number of nitrogens with zero attached hydrogens (tertiary/aromatic N) is 5. The van der Waals surface area contributed by atoms with Crippen molar-refractivity contribution in [3.8, 4) is 0 Å². The first kappa shape index (κ1) is 27.4. The quantitative estimate of drug-likeness (QED) is 0.201. The fourth-order valence-corrected chi connectivity index (χ4v) is 8.79. The Morgan fingerprint density at radius 2 is 1.84 bits per heavy atom. The lowest BCUT2D eigenvalue weighted by atomic mass is 9.73. The van der Waals surface area contributed by atoms with Gasteiger partial charge in [-0.15, -0.1) is 0 Å². The van der Waals surface area contributed by atoms with Crippen LogP contribution in [0.15, 0.2) is 6.33 Å². The summed E-state index contributed by atoms with van der Waals surface area (Å²) in [6, 6.07) is 0. The monoisotopic (exact) mass is 580 g/mol. The molecule has 0 radical (unpaired) electrons. The minimum atomic E-state index is -4.76. The maximum absolute atomic E-state index is 12.1. The number of hydrogen-bond acceptors (Lipinski definition) is 9. The van der Waals surface area contributed by atoms with Crippen LogP contribution in [-0.2, 0) is 13.9 Å². The Hall–Kier alpha value is -1.18. The molecule has 37 heavy (non-hydrogen) atoms. The summed E-state index contributed by atoms with van der Waals surface area (Å²) in [6.07, 6.45) is 3.35. The first-order valence-electron chi connectivity index (χ1n) is 12.1. The zero-order valence-corrected chi connectivity index (χ0v) is 22.5. The van der Waals surface area contributed by atoms with E-state index in [0.717, 1.165) is 19.5 Å². The molecule has 1 aliphatic carbocycles. The Balaban J connectivity index is 1.36. The van der Waals surface area contributed by atoms with E-state index in [1.807, 2.05) is 0 Å². The van der Waals surface area contributed by atoms with Crippen molar-refractivity contribution in [2.45, 2.75) is 63.1 Å². The lowest BCUT2D eigenvalue weighted by molar-refractivity contribution is -0.0331. The second kappa shape index (κ2) is 10.1. The van der Waals surface area contributed by atoms with E-state index in [0.29, 0.717) is 17.0 Å². The highest BCUT2D eigenvalue weighted by molar-refractivity contribution is 7.71. The fourth-order valence-electron chi connectivity index (χ4n) is 5.77. The molecule has 0 bridgehead atoms. The second-order valence-electron chi connectivity index (χ2n) is 10.3. The predicted molar refractivity (Wildman–Crippen MR) is 133 cm³/mol. The van der Waals surface area contributed by atoms with Crippen molar-refractivity contribution in [2.24, 2.45) is 5.41 Å². The zero-order chi connectivity index (χ0) is 26.6. The molecular weight excluding hydrogens is 550 g/mol. The maximum Gasteiger partial charge on any atom is 0.336 e. The van der Waals surface area contributed by atoms with Gasteiger partial charge >= 0.3 is 7.60 Å². The Kier molecular flexibility index (Phi) is 7.47. The van der Waals surface area contributed by atoms with Gasteiger partial charge in [-0.05, 0) is 36.3 Å². The Labute approximate surface area is 217 Å². The van der Waals surface area contributed by atoms with Crippen molar-refractivity contribution < 1.29 is 38.8 Å². The zero-order valence-electron chi connectivity index (χ0n) is 19.9. The van der Waals surface area contributed by atoms with Crippen LogP contribution in [0.4, 0.5) is 5.82 Å². The molecular formula is C20H31ClN6O8P2. The van der Waals surface area contributed by atoms with Gasteiger partial charge < -0.3 is 34.5 Å². The van der Waals surface area contributed by atoms with Gasteiger partial charge in [0.15, 0.2) is 23.2 Å². The number of halogens is 1. The highest BCUT2D eigenvalue weighted by Gasteiger charge is 2.46.